The van der Waals surface area contributed by atoms with E-state index in [-0.39, 0.29) is 19.5 Å². The summed E-state index contributed by atoms with van der Waals surface area (Å²) >= 11 is 0. The van der Waals surface area contributed by atoms with Crippen molar-refractivity contribution in [2.24, 2.45) is 5.16 Å². The van der Waals surface area contributed by atoms with Gasteiger partial charge in [0.25, 0.3) is 0 Å². The monoisotopic (exact) mass is 259 g/mol. The van der Waals surface area contributed by atoms with Crippen molar-refractivity contribution in [3.63, 3.8) is 0 Å². The molecule has 8 heteroatoms. The summed E-state index contributed by atoms with van der Waals surface area (Å²) in [6.45, 7) is 1.66. The largest absolute Gasteiger partial charge is 0.465 e. The van der Waals surface area contributed by atoms with Gasteiger partial charge < -0.3 is 20.4 Å². The maximum atomic E-state index is 11.8. The molecule has 0 aromatic heterocycles. The summed E-state index contributed by atoms with van der Waals surface area (Å²) in [5.41, 5.74) is 0.497. The molecule has 1 aliphatic heterocycles. The van der Waals surface area contributed by atoms with Gasteiger partial charge in [0.15, 0.2) is 0 Å². The number of carbonyl (C=O) groups excluding carboxylic acids is 1. The average Bonchev–Trinajstić information content (AvgIpc) is 2.70. The van der Waals surface area contributed by atoms with Crippen molar-refractivity contribution in [3.8, 4) is 0 Å². The zero-order valence-electron chi connectivity index (χ0n) is 10.3. The summed E-state index contributed by atoms with van der Waals surface area (Å²) in [7, 11) is 1.36. The minimum Gasteiger partial charge on any atom is -0.465 e. The first-order valence-electron chi connectivity index (χ1n) is 5.50. The van der Waals surface area contributed by atoms with Gasteiger partial charge in [0.05, 0.1) is 18.4 Å². The second kappa shape index (κ2) is 6.20. The molecule has 0 bridgehead atoms. The van der Waals surface area contributed by atoms with E-state index in [0.29, 0.717) is 5.71 Å². The molecule has 8 nitrogen and oxygen atoms in total. The maximum Gasteiger partial charge on any atom is 0.408 e. The summed E-state index contributed by atoms with van der Waals surface area (Å²) in [4.78, 5) is 28.4. The molecular formula is C10H17N3O5. The third-order valence-corrected chi connectivity index (χ3v) is 2.50. The number of aliphatic hydroxyl groups is 1. The van der Waals surface area contributed by atoms with E-state index in [2.05, 4.69) is 15.3 Å². The van der Waals surface area contributed by atoms with Crippen molar-refractivity contribution < 1.29 is 24.6 Å². The van der Waals surface area contributed by atoms with Gasteiger partial charge in [-0.2, -0.15) is 0 Å². The molecule has 1 rings (SSSR count). The molecule has 0 spiro atoms. The number of carbonyl (C=O) groups is 2. The Balaban J connectivity index is 2.69. The highest BCUT2D eigenvalue weighted by Crippen LogP contribution is 2.16. The van der Waals surface area contributed by atoms with Crippen molar-refractivity contribution in [2.75, 3.05) is 20.2 Å². The predicted molar refractivity (Wildman–Crippen MR) is 62.3 cm³/mol. The van der Waals surface area contributed by atoms with Crippen LogP contribution in [0.25, 0.3) is 0 Å². The standard InChI is InChI=1S/C10H17N3O5/c1-6(14)4-11-9(15)8-3-7(12-18-2)5-13(8)10(16)17/h6,8,14H,3-5H2,1-2H3,(H,11,15)(H,16,17)/b12-7+/t6?,8-/m0/s1. The van der Waals surface area contributed by atoms with Crippen LogP contribution in [0.2, 0.25) is 0 Å². The average molecular weight is 259 g/mol. The zero-order valence-corrected chi connectivity index (χ0v) is 10.3. The van der Waals surface area contributed by atoms with Gasteiger partial charge in [-0.1, -0.05) is 5.16 Å². The molecular weight excluding hydrogens is 242 g/mol. The second-order valence-corrected chi connectivity index (χ2v) is 4.06. The number of amides is 2. The smallest absolute Gasteiger partial charge is 0.408 e. The molecule has 2 amide bonds. The van der Waals surface area contributed by atoms with Crippen LogP contribution in [-0.4, -0.2) is 65.2 Å². The van der Waals surface area contributed by atoms with Crippen LogP contribution in [0.3, 0.4) is 0 Å². The minimum atomic E-state index is -1.19. The van der Waals surface area contributed by atoms with Gasteiger partial charge in [-0.3, -0.25) is 9.69 Å². The lowest BCUT2D eigenvalue weighted by molar-refractivity contribution is -0.125. The summed E-state index contributed by atoms with van der Waals surface area (Å²) in [5.74, 6) is -0.445. The summed E-state index contributed by atoms with van der Waals surface area (Å²) in [6.07, 6.45) is -1.67. The number of oxime groups is 1. The number of aliphatic hydroxyl groups excluding tert-OH is 1. The summed E-state index contributed by atoms with van der Waals surface area (Å²) in [5, 5.41) is 24.2. The first-order valence-corrected chi connectivity index (χ1v) is 5.50. The molecule has 2 atom stereocenters. The van der Waals surface area contributed by atoms with Crippen molar-refractivity contribution in [2.45, 2.75) is 25.5 Å². The predicted octanol–water partition coefficient (Wildman–Crippen LogP) is -0.762. The van der Waals surface area contributed by atoms with E-state index in [1.54, 1.807) is 0 Å². The van der Waals surface area contributed by atoms with E-state index in [1.807, 2.05) is 0 Å². The Kier molecular flexibility index (Phi) is 4.90. The zero-order chi connectivity index (χ0) is 13.7. The number of hydrogen-bond donors (Lipinski definition) is 3. The molecule has 0 aromatic rings. The molecule has 0 radical (unpaired) electrons. The highest BCUT2D eigenvalue weighted by molar-refractivity contribution is 5.99. The number of nitrogens with zero attached hydrogens (tertiary/aromatic N) is 2. The molecule has 18 heavy (non-hydrogen) atoms. The van der Waals surface area contributed by atoms with E-state index in [9.17, 15) is 9.59 Å². The summed E-state index contributed by atoms with van der Waals surface area (Å²) in [6, 6.07) is -0.824. The second-order valence-electron chi connectivity index (χ2n) is 4.06. The number of hydrogen-bond acceptors (Lipinski definition) is 5. The fourth-order valence-electron chi connectivity index (χ4n) is 1.70. The molecule has 0 aliphatic carbocycles. The highest BCUT2D eigenvalue weighted by Gasteiger charge is 2.38. The van der Waals surface area contributed by atoms with Crippen LogP contribution >= 0.6 is 0 Å². The van der Waals surface area contributed by atoms with Crippen LogP contribution in [0.1, 0.15) is 13.3 Å². The molecule has 0 aromatic carbocycles. The van der Waals surface area contributed by atoms with E-state index in [0.717, 1.165) is 4.90 Å². The molecule has 1 heterocycles. The third kappa shape index (κ3) is 3.59. The first-order chi connectivity index (χ1) is 8.45. The van der Waals surface area contributed by atoms with E-state index < -0.39 is 24.1 Å². The van der Waals surface area contributed by atoms with Crippen LogP contribution in [0, 0.1) is 0 Å². The van der Waals surface area contributed by atoms with Gasteiger partial charge >= 0.3 is 6.09 Å². The van der Waals surface area contributed by atoms with Crippen molar-refractivity contribution in [1.29, 1.82) is 0 Å². The molecule has 3 N–H and O–H groups in total. The van der Waals surface area contributed by atoms with E-state index in [4.69, 9.17) is 10.2 Å². The number of rotatable bonds is 4. The third-order valence-electron chi connectivity index (χ3n) is 2.50. The highest BCUT2D eigenvalue weighted by atomic mass is 16.6. The van der Waals surface area contributed by atoms with Crippen LogP contribution in [0.5, 0.6) is 0 Å². The number of carboxylic acid groups (broad SMARTS) is 1. The lowest BCUT2D eigenvalue weighted by Crippen LogP contribution is -2.46. The topological polar surface area (TPSA) is 111 Å². The Morgan fingerprint density at radius 1 is 1.67 bits per heavy atom. The SMILES string of the molecule is CO/N=C1\C[C@@H](C(=O)NCC(C)O)N(C(=O)O)C1. The lowest BCUT2D eigenvalue weighted by Gasteiger charge is -2.20. The summed E-state index contributed by atoms with van der Waals surface area (Å²) < 4.78 is 0. The Bertz CT molecular complexity index is 355. The molecule has 1 fully saturated rings. The Labute approximate surface area is 104 Å². The normalized spacial score (nSPS) is 22.9. The van der Waals surface area contributed by atoms with Gasteiger partial charge in [0, 0.05) is 13.0 Å². The van der Waals surface area contributed by atoms with Gasteiger partial charge in [-0.15, -0.1) is 0 Å². The Morgan fingerprint density at radius 2 is 2.33 bits per heavy atom. The fourth-order valence-corrected chi connectivity index (χ4v) is 1.70. The number of nitrogens with one attached hydrogen (secondary N) is 1. The van der Waals surface area contributed by atoms with E-state index in [1.165, 1.54) is 14.0 Å². The molecule has 1 saturated heterocycles. The van der Waals surface area contributed by atoms with Crippen LogP contribution in [0.4, 0.5) is 4.79 Å². The van der Waals surface area contributed by atoms with Crippen molar-refractivity contribution in [3.05, 3.63) is 0 Å². The maximum absolute atomic E-state index is 11.8. The van der Waals surface area contributed by atoms with Crippen LogP contribution in [-0.2, 0) is 9.63 Å². The van der Waals surface area contributed by atoms with Gasteiger partial charge in [-0.25, -0.2) is 4.79 Å². The van der Waals surface area contributed by atoms with Gasteiger partial charge in [0.1, 0.15) is 13.2 Å². The molecule has 102 valence electrons. The van der Waals surface area contributed by atoms with Gasteiger partial charge in [-0.05, 0) is 6.92 Å². The minimum absolute atomic E-state index is 0.0515. The Morgan fingerprint density at radius 3 is 2.83 bits per heavy atom. The van der Waals surface area contributed by atoms with Crippen molar-refractivity contribution in [1.82, 2.24) is 10.2 Å². The lowest BCUT2D eigenvalue weighted by atomic mass is 10.2. The van der Waals surface area contributed by atoms with Crippen molar-refractivity contribution >= 4 is 17.7 Å². The molecule has 0 saturated carbocycles. The van der Waals surface area contributed by atoms with E-state index >= 15 is 0 Å². The molecule has 1 aliphatic rings. The Hall–Kier alpha value is -1.83. The fraction of sp³-hybridized carbons (Fsp3) is 0.700. The first kappa shape index (κ1) is 14.2. The number of likely N-dealkylation sites (tertiary alicyclic amines) is 1. The van der Waals surface area contributed by atoms with Crippen LogP contribution < -0.4 is 5.32 Å². The van der Waals surface area contributed by atoms with Gasteiger partial charge in [0.2, 0.25) is 5.91 Å². The quantitative estimate of drug-likeness (QED) is 0.574. The molecule has 1 unspecified atom stereocenters. The van der Waals surface area contributed by atoms with Crippen LogP contribution in [0.15, 0.2) is 5.16 Å².